The first kappa shape index (κ1) is 20.1. The van der Waals surface area contributed by atoms with Crippen LogP contribution in [0.4, 0.5) is 0 Å². The zero-order valence-corrected chi connectivity index (χ0v) is 16.6. The van der Waals surface area contributed by atoms with E-state index < -0.39 is 40.6 Å². The second kappa shape index (κ2) is 7.58. The van der Waals surface area contributed by atoms with Crippen molar-refractivity contribution in [1.29, 1.82) is 0 Å². The van der Waals surface area contributed by atoms with E-state index in [1.165, 1.54) is 14.2 Å². The molecule has 4 heterocycles. The number of carbonyl (C=O) groups excluding carboxylic acids is 3. The van der Waals surface area contributed by atoms with Gasteiger partial charge in [0.05, 0.1) is 37.7 Å². The van der Waals surface area contributed by atoms with Gasteiger partial charge in [-0.15, -0.1) is 0 Å². The van der Waals surface area contributed by atoms with E-state index in [1.54, 1.807) is 48.8 Å². The summed E-state index contributed by atoms with van der Waals surface area (Å²) < 4.78 is 10.1. The number of ether oxygens (including phenoxy) is 2. The molecule has 2 aromatic rings. The van der Waals surface area contributed by atoms with Gasteiger partial charge < -0.3 is 14.8 Å². The monoisotopic (exact) mass is 410 g/mol. The molecule has 9 nitrogen and oxygen atoms in total. The number of pyridine rings is 2. The average Bonchev–Trinajstić information content (AvgIpc) is 2.79. The quantitative estimate of drug-likeness (QED) is 0.543. The van der Waals surface area contributed by atoms with Crippen LogP contribution in [0.15, 0.2) is 48.8 Å². The van der Waals surface area contributed by atoms with Crippen LogP contribution in [0.3, 0.4) is 0 Å². The number of methoxy groups -OCH3 is 2. The highest BCUT2D eigenvalue weighted by Gasteiger charge is 2.72. The van der Waals surface area contributed by atoms with Gasteiger partial charge in [-0.25, -0.2) is 0 Å². The minimum absolute atomic E-state index is 0.000427. The third-order valence-corrected chi connectivity index (χ3v) is 6.00. The first-order valence-electron chi connectivity index (χ1n) is 9.52. The molecule has 0 aromatic carbocycles. The summed E-state index contributed by atoms with van der Waals surface area (Å²) in [6.45, 7) is 0.000853. The maximum Gasteiger partial charge on any atom is 0.322 e. The van der Waals surface area contributed by atoms with Crippen molar-refractivity contribution in [3.8, 4) is 0 Å². The summed E-state index contributed by atoms with van der Waals surface area (Å²) in [4.78, 5) is 49.0. The molecule has 4 atom stereocenters. The normalized spacial score (nSPS) is 30.4. The molecule has 0 saturated carbocycles. The summed E-state index contributed by atoms with van der Waals surface area (Å²) in [5.41, 5.74) is -2.42. The van der Waals surface area contributed by atoms with Crippen molar-refractivity contribution >= 4 is 17.7 Å². The fourth-order valence-corrected chi connectivity index (χ4v) is 4.63. The van der Waals surface area contributed by atoms with Crippen LogP contribution in [0.5, 0.6) is 0 Å². The molecular formula is C21H22N4O5. The molecule has 0 aliphatic carbocycles. The fraction of sp³-hybridized carbons (Fsp3) is 0.381. The molecule has 2 aliphatic heterocycles. The Morgan fingerprint density at radius 2 is 1.37 bits per heavy atom. The third kappa shape index (κ3) is 2.66. The molecule has 0 amide bonds. The Morgan fingerprint density at radius 1 is 0.900 bits per heavy atom. The van der Waals surface area contributed by atoms with Crippen LogP contribution in [0.2, 0.25) is 0 Å². The summed E-state index contributed by atoms with van der Waals surface area (Å²) in [5.74, 6) is -2.04. The zero-order valence-electron chi connectivity index (χ0n) is 16.6. The van der Waals surface area contributed by atoms with E-state index >= 15 is 0 Å². The maximum absolute atomic E-state index is 14.1. The summed E-state index contributed by atoms with van der Waals surface area (Å²) in [6, 6.07) is 8.81. The molecule has 4 unspecified atom stereocenters. The molecule has 2 saturated heterocycles. The fourth-order valence-electron chi connectivity index (χ4n) is 4.63. The van der Waals surface area contributed by atoms with Gasteiger partial charge in [-0.05, 0) is 24.3 Å². The molecule has 2 N–H and O–H groups in total. The average molecular weight is 410 g/mol. The Hall–Kier alpha value is -3.17. The number of nitrogens with zero attached hydrogens (tertiary/aromatic N) is 2. The Morgan fingerprint density at radius 3 is 1.73 bits per heavy atom. The number of piperidine rings is 2. The smallest absolute Gasteiger partial charge is 0.322 e. The molecule has 2 bridgehead atoms. The van der Waals surface area contributed by atoms with Crippen molar-refractivity contribution in [1.82, 2.24) is 20.6 Å². The Balaban J connectivity index is 1.97. The van der Waals surface area contributed by atoms with Crippen LogP contribution in [0, 0.1) is 10.8 Å². The third-order valence-electron chi connectivity index (χ3n) is 6.00. The van der Waals surface area contributed by atoms with Crippen molar-refractivity contribution in [3.63, 3.8) is 0 Å². The predicted molar refractivity (Wildman–Crippen MR) is 104 cm³/mol. The largest absolute Gasteiger partial charge is 0.468 e. The molecule has 2 aromatic heterocycles. The lowest BCUT2D eigenvalue weighted by atomic mass is 9.56. The van der Waals surface area contributed by atoms with Crippen molar-refractivity contribution < 1.29 is 23.9 Å². The highest BCUT2D eigenvalue weighted by molar-refractivity contribution is 6.17. The summed E-state index contributed by atoms with van der Waals surface area (Å²) in [7, 11) is 2.44. The lowest BCUT2D eigenvalue weighted by molar-refractivity contribution is -0.183. The number of ketones is 1. The van der Waals surface area contributed by atoms with Crippen LogP contribution in [-0.2, 0) is 23.9 Å². The molecular weight excluding hydrogens is 388 g/mol. The Kier molecular flexibility index (Phi) is 5.08. The van der Waals surface area contributed by atoms with Crippen LogP contribution < -0.4 is 10.6 Å². The maximum atomic E-state index is 14.1. The molecule has 0 radical (unpaired) electrons. The standard InChI is InChI=1S/C21H22N4O5/c1-29-18(27)20-11-22-12-21(17(20)26,19(28)30-2)16(14-8-4-6-10-24-14)25-15(20)13-7-3-5-9-23-13/h3-10,15-16,22,25H,11-12H2,1-2H3. The first-order valence-corrected chi connectivity index (χ1v) is 9.52. The van der Waals surface area contributed by atoms with Gasteiger partial charge in [-0.3, -0.25) is 29.7 Å². The van der Waals surface area contributed by atoms with E-state index in [4.69, 9.17) is 9.47 Å². The van der Waals surface area contributed by atoms with Crippen molar-refractivity contribution in [3.05, 3.63) is 60.2 Å². The number of hydrogen-bond donors (Lipinski definition) is 2. The lowest BCUT2D eigenvalue weighted by Crippen LogP contribution is -2.75. The number of nitrogens with one attached hydrogen (secondary N) is 2. The van der Waals surface area contributed by atoms with E-state index in [0.717, 1.165) is 0 Å². The van der Waals surface area contributed by atoms with E-state index in [-0.39, 0.29) is 13.1 Å². The molecule has 2 fully saturated rings. The zero-order chi connectivity index (χ0) is 21.4. The van der Waals surface area contributed by atoms with Gasteiger partial charge in [0.15, 0.2) is 16.6 Å². The number of esters is 2. The summed E-state index contributed by atoms with van der Waals surface area (Å²) in [5, 5.41) is 6.45. The minimum Gasteiger partial charge on any atom is -0.468 e. The highest BCUT2D eigenvalue weighted by Crippen LogP contribution is 2.54. The number of aromatic nitrogens is 2. The minimum atomic E-state index is -1.69. The van der Waals surface area contributed by atoms with Crippen molar-refractivity contribution in [2.75, 3.05) is 27.3 Å². The lowest BCUT2D eigenvalue weighted by Gasteiger charge is -2.54. The van der Waals surface area contributed by atoms with Crippen LogP contribution in [0.25, 0.3) is 0 Å². The first-order chi connectivity index (χ1) is 14.5. The Bertz CT molecular complexity index is 894. The van der Waals surface area contributed by atoms with Crippen molar-refractivity contribution in [2.24, 2.45) is 10.8 Å². The Labute approximate surface area is 173 Å². The number of carbonyl (C=O) groups is 3. The highest BCUT2D eigenvalue weighted by atomic mass is 16.5. The van der Waals surface area contributed by atoms with E-state index in [9.17, 15) is 14.4 Å². The van der Waals surface area contributed by atoms with E-state index in [0.29, 0.717) is 11.4 Å². The number of fused-ring (bicyclic) bond motifs is 2. The summed E-state index contributed by atoms with van der Waals surface area (Å²) in [6.07, 6.45) is 3.17. The molecule has 2 aliphatic rings. The van der Waals surface area contributed by atoms with Gasteiger partial charge in [0.25, 0.3) is 0 Å². The van der Waals surface area contributed by atoms with Gasteiger partial charge >= 0.3 is 11.9 Å². The van der Waals surface area contributed by atoms with Gasteiger partial charge in [0.1, 0.15) is 0 Å². The van der Waals surface area contributed by atoms with Gasteiger partial charge in [0, 0.05) is 25.5 Å². The topological polar surface area (TPSA) is 120 Å². The molecule has 0 spiro atoms. The van der Waals surface area contributed by atoms with Gasteiger partial charge in [-0.1, -0.05) is 12.1 Å². The second-order valence-corrected chi connectivity index (χ2v) is 7.40. The van der Waals surface area contributed by atoms with Crippen LogP contribution in [0.1, 0.15) is 23.5 Å². The van der Waals surface area contributed by atoms with E-state index in [1.807, 2.05) is 0 Å². The number of Topliss-reactive ketones (excluding diaryl/α,β-unsaturated/α-hetero) is 1. The number of rotatable bonds is 4. The SMILES string of the molecule is COC(=O)C12CNCC(C(=O)OC)(C1=O)C(c1ccccn1)NC2c1ccccn1. The molecule has 9 heteroatoms. The van der Waals surface area contributed by atoms with E-state index in [2.05, 4.69) is 20.6 Å². The molecule has 4 rings (SSSR count). The number of hydrogen-bond acceptors (Lipinski definition) is 9. The van der Waals surface area contributed by atoms with Crippen molar-refractivity contribution in [2.45, 2.75) is 12.1 Å². The summed E-state index contributed by atoms with van der Waals surface area (Å²) >= 11 is 0. The van der Waals surface area contributed by atoms with Crippen LogP contribution in [-0.4, -0.2) is 55.0 Å². The second-order valence-electron chi connectivity index (χ2n) is 7.40. The van der Waals surface area contributed by atoms with Gasteiger partial charge in [-0.2, -0.15) is 0 Å². The molecule has 30 heavy (non-hydrogen) atoms. The van der Waals surface area contributed by atoms with Crippen LogP contribution >= 0.6 is 0 Å². The molecule has 156 valence electrons. The predicted octanol–water partition coefficient (Wildman–Crippen LogP) is 0.353. The van der Waals surface area contributed by atoms with Gasteiger partial charge in [0.2, 0.25) is 0 Å².